The van der Waals surface area contributed by atoms with Crippen LogP contribution in [-0.4, -0.2) is 28.2 Å². The largest absolute Gasteiger partial charge is 0.497 e. The number of benzene rings is 3. The molecule has 138 valence electrons. The van der Waals surface area contributed by atoms with Gasteiger partial charge in [-0.15, -0.1) is 0 Å². The maximum absolute atomic E-state index is 13.5. The number of carboxylic acids is 1. The molecule has 3 aromatic carbocycles. The molecule has 28 heavy (non-hydrogen) atoms. The maximum Gasteiger partial charge on any atom is 0.355 e. The topological polar surface area (TPSA) is 72.3 Å². The number of aromatic nitrogens is 2. The van der Waals surface area contributed by atoms with E-state index >= 15 is 0 Å². The molecule has 0 fully saturated rings. The number of methoxy groups -OCH3 is 1. The molecule has 0 saturated heterocycles. The first kappa shape index (κ1) is 17.6. The summed E-state index contributed by atoms with van der Waals surface area (Å²) in [5.41, 5.74) is 2.79. The van der Waals surface area contributed by atoms with Crippen LogP contribution in [-0.2, 0) is 0 Å². The number of hydrogen-bond acceptors (Lipinski definition) is 4. The Morgan fingerprint density at radius 3 is 2.39 bits per heavy atom. The normalized spacial score (nSPS) is 10.8. The Morgan fingerprint density at radius 2 is 1.68 bits per heavy atom. The van der Waals surface area contributed by atoms with Crippen LogP contribution in [0.5, 0.6) is 5.75 Å². The van der Waals surface area contributed by atoms with E-state index in [-0.39, 0.29) is 16.9 Å². The predicted octanol–water partition coefficient (Wildman–Crippen LogP) is 4.81. The summed E-state index contributed by atoms with van der Waals surface area (Å²) in [6.45, 7) is 0. The minimum absolute atomic E-state index is 0.171. The lowest BCUT2D eigenvalue weighted by atomic mass is 10.0. The fraction of sp³-hybridized carbons (Fsp3) is 0.0455. The van der Waals surface area contributed by atoms with Gasteiger partial charge in [-0.05, 0) is 41.5 Å². The molecule has 4 rings (SSSR count). The van der Waals surface area contributed by atoms with Crippen molar-refractivity contribution in [2.24, 2.45) is 0 Å². The van der Waals surface area contributed by atoms with Gasteiger partial charge >= 0.3 is 5.97 Å². The maximum atomic E-state index is 13.5. The highest BCUT2D eigenvalue weighted by Crippen LogP contribution is 2.27. The molecular formula is C22H15FN2O3. The number of fused-ring (bicyclic) bond motifs is 1. The van der Waals surface area contributed by atoms with Gasteiger partial charge in [-0.25, -0.2) is 19.2 Å². The van der Waals surface area contributed by atoms with Crippen molar-refractivity contribution in [2.45, 2.75) is 0 Å². The van der Waals surface area contributed by atoms with Crippen molar-refractivity contribution >= 4 is 16.9 Å². The number of halogens is 1. The molecule has 0 amide bonds. The van der Waals surface area contributed by atoms with E-state index in [1.807, 2.05) is 48.5 Å². The molecule has 5 nitrogen and oxygen atoms in total. The summed E-state index contributed by atoms with van der Waals surface area (Å²) in [7, 11) is 1.62. The van der Waals surface area contributed by atoms with E-state index in [9.17, 15) is 14.3 Å². The summed E-state index contributed by atoms with van der Waals surface area (Å²) < 4.78 is 18.8. The molecule has 0 atom stereocenters. The lowest BCUT2D eigenvalue weighted by molar-refractivity contribution is 0.0693. The minimum Gasteiger partial charge on any atom is -0.497 e. The van der Waals surface area contributed by atoms with Crippen molar-refractivity contribution in [2.75, 3.05) is 7.11 Å². The van der Waals surface area contributed by atoms with Crippen molar-refractivity contribution in [3.05, 3.63) is 78.2 Å². The number of ether oxygens (including phenoxy) is 1. The zero-order valence-electron chi connectivity index (χ0n) is 14.9. The standard InChI is InChI=1S/C22H15FN2O3/c1-28-17-4-2-3-15(11-17)13-5-7-14(8-6-13)21-24-19-10-9-16(23)12-18(19)20(25-21)22(26)27/h2-12H,1H3,(H,26,27). The summed E-state index contributed by atoms with van der Waals surface area (Å²) in [6.07, 6.45) is 0. The highest BCUT2D eigenvalue weighted by molar-refractivity contribution is 6.01. The predicted molar refractivity (Wildman–Crippen MR) is 104 cm³/mol. The molecule has 0 aliphatic carbocycles. The van der Waals surface area contributed by atoms with E-state index in [0.717, 1.165) is 22.9 Å². The zero-order chi connectivity index (χ0) is 19.7. The molecular weight excluding hydrogens is 359 g/mol. The fourth-order valence-corrected chi connectivity index (χ4v) is 3.01. The number of carbonyl (C=O) groups is 1. The third kappa shape index (κ3) is 3.27. The Hall–Kier alpha value is -3.80. The minimum atomic E-state index is -1.23. The number of nitrogens with zero attached hydrogens (tertiary/aromatic N) is 2. The molecule has 0 bridgehead atoms. The Balaban J connectivity index is 1.77. The molecule has 1 heterocycles. The quantitative estimate of drug-likeness (QED) is 0.555. The second-order valence-corrected chi connectivity index (χ2v) is 6.17. The van der Waals surface area contributed by atoms with Gasteiger partial charge in [0.25, 0.3) is 0 Å². The van der Waals surface area contributed by atoms with Crippen LogP contribution in [0.3, 0.4) is 0 Å². The fourth-order valence-electron chi connectivity index (χ4n) is 3.01. The van der Waals surface area contributed by atoms with Gasteiger partial charge in [0.2, 0.25) is 0 Å². The van der Waals surface area contributed by atoms with Crippen LogP contribution >= 0.6 is 0 Å². The lowest BCUT2D eigenvalue weighted by Gasteiger charge is -2.08. The van der Waals surface area contributed by atoms with E-state index in [0.29, 0.717) is 11.1 Å². The summed E-state index contributed by atoms with van der Waals surface area (Å²) in [5, 5.41) is 9.63. The molecule has 0 spiro atoms. The molecule has 0 aliphatic heterocycles. The van der Waals surface area contributed by atoms with Crippen molar-refractivity contribution in [1.29, 1.82) is 0 Å². The molecule has 0 unspecified atom stereocenters. The second-order valence-electron chi connectivity index (χ2n) is 6.17. The summed E-state index contributed by atoms with van der Waals surface area (Å²) >= 11 is 0. The first-order valence-electron chi connectivity index (χ1n) is 8.50. The van der Waals surface area contributed by atoms with Crippen molar-refractivity contribution in [1.82, 2.24) is 9.97 Å². The van der Waals surface area contributed by atoms with Crippen LogP contribution in [0.1, 0.15) is 10.5 Å². The number of hydrogen-bond donors (Lipinski definition) is 1. The molecule has 1 N–H and O–H groups in total. The molecule has 1 aromatic heterocycles. The number of carboxylic acid groups (broad SMARTS) is 1. The Morgan fingerprint density at radius 1 is 0.929 bits per heavy atom. The Kier molecular flexibility index (Phi) is 4.45. The second kappa shape index (κ2) is 7.08. The Labute approximate surface area is 160 Å². The number of aromatic carboxylic acids is 1. The van der Waals surface area contributed by atoms with Gasteiger partial charge in [0, 0.05) is 10.9 Å². The zero-order valence-corrected chi connectivity index (χ0v) is 14.9. The van der Waals surface area contributed by atoms with Crippen LogP contribution in [0.25, 0.3) is 33.4 Å². The van der Waals surface area contributed by atoms with Gasteiger partial charge in [-0.2, -0.15) is 0 Å². The van der Waals surface area contributed by atoms with Crippen molar-refractivity contribution < 1.29 is 19.0 Å². The van der Waals surface area contributed by atoms with Crippen LogP contribution < -0.4 is 4.74 Å². The van der Waals surface area contributed by atoms with E-state index in [1.165, 1.54) is 12.1 Å². The van der Waals surface area contributed by atoms with Gasteiger partial charge in [0.05, 0.1) is 12.6 Å². The molecule has 0 radical (unpaired) electrons. The van der Waals surface area contributed by atoms with Gasteiger partial charge in [0.15, 0.2) is 11.5 Å². The monoisotopic (exact) mass is 374 g/mol. The summed E-state index contributed by atoms with van der Waals surface area (Å²) in [4.78, 5) is 20.1. The van der Waals surface area contributed by atoms with Crippen LogP contribution in [0.4, 0.5) is 4.39 Å². The highest BCUT2D eigenvalue weighted by atomic mass is 19.1. The SMILES string of the molecule is COc1cccc(-c2ccc(-c3nc(C(=O)O)c4cc(F)ccc4n3)cc2)c1. The molecule has 6 heteroatoms. The van der Waals surface area contributed by atoms with Gasteiger partial charge in [-0.1, -0.05) is 36.4 Å². The van der Waals surface area contributed by atoms with Crippen LogP contribution in [0.15, 0.2) is 66.7 Å². The Bertz CT molecular complexity index is 1190. The third-order valence-electron chi connectivity index (χ3n) is 4.41. The van der Waals surface area contributed by atoms with Gasteiger partial charge in [0.1, 0.15) is 11.6 Å². The summed E-state index contributed by atoms with van der Waals surface area (Å²) in [6, 6.07) is 19.0. The summed E-state index contributed by atoms with van der Waals surface area (Å²) in [5.74, 6) is -0.729. The van der Waals surface area contributed by atoms with Crippen LogP contribution in [0, 0.1) is 5.82 Å². The first-order chi connectivity index (χ1) is 13.5. The lowest BCUT2D eigenvalue weighted by Crippen LogP contribution is -2.05. The third-order valence-corrected chi connectivity index (χ3v) is 4.41. The average Bonchev–Trinajstić information content (AvgIpc) is 2.73. The van der Waals surface area contributed by atoms with Crippen LogP contribution in [0.2, 0.25) is 0 Å². The van der Waals surface area contributed by atoms with E-state index in [2.05, 4.69) is 9.97 Å². The van der Waals surface area contributed by atoms with Gasteiger partial charge in [-0.3, -0.25) is 0 Å². The van der Waals surface area contributed by atoms with E-state index in [1.54, 1.807) is 7.11 Å². The smallest absolute Gasteiger partial charge is 0.355 e. The van der Waals surface area contributed by atoms with Crippen molar-refractivity contribution in [3.8, 4) is 28.3 Å². The number of rotatable bonds is 4. The van der Waals surface area contributed by atoms with E-state index < -0.39 is 11.8 Å². The molecule has 4 aromatic rings. The van der Waals surface area contributed by atoms with Gasteiger partial charge < -0.3 is 9.84 Å². The molecule has 0 aliphatic rings. The van der Waals surface area contributed by atoms with Crippen molar-refractivity contribution in [3.63, 3.8) is 0 Å². The van der Waals surface area contributed by atoms with E-state index in [4.69, 9.17) is 4.74 Å². The molecule has 0 saturated carbocycles. The highest BCUT2D eigenvalue weighted by Gasteiger charge is 2.15. The first-order valence-corrected chi connectivity index (χ1v) is 8.50. The average molecular weight is 374 g/mol.